The van der Waals surface area contributed by atoms with Gasteiger partial charge in [-0.1, -0.05) is 29.8 Å². The Morgan fingerprint density at radius 2 is 2.00 bits per heavy atom. The molecule has 1 unspecified atom stereocenters. The van der Waals surface area contributed by atoms with Gasteiger partial charge in [-0.15, -0.1) is 0 Å². The lowest BCUT2D eigenvalue weighted by Gasteiger charge is -2.16. The summed E-state index contributed by atoms with van der Waals surface area (Å²) < 4.78 is 0. The molecular weight excluding hydrogens is 302 g/mol. The maximum atomic E-state index is 12.1. The first kappa shape index (κ1) is 16.1. The van der Waals surface area contributed by atoms with Gasteiger partial charge in [0.25, 0.3) is 0 Å². The van der Waals surface area contributed by atoms with Crippen molar-refractivity contribution in [2.45, 2.75) is 19.4 Å². The summed E-state index contributed by atoms with van der Waals surface area (Å²) in [5.41, 5.74) is 4.03. The number of aryl methyl sites for hydroxylation is 1. The van der Waals surface area contributed by atoms with Crippen molar-refractivity contribution in [3.8, 4) is 0 Å². The van der Waals surface area contributed by atoms with Gasteiger partial charge in [0.2, 0.25) is 0 Å². The van der Waals surface area contributed by atoms with Crippen LogP contribution in [0.4, 0.5) is 10.5 Å². The molecule has 0 aliphatic heterocycles. The van der Waals surface area contributed by atoms with Crippen molar-refractivity contribution >= 4 is 22.6 Å². The number of aliphatic hydroxyl groups is 1. The Kier molecular flexibility index (Phi) is 4.82. The van der Waals surface area contributed by atoms with Crippen LogP contribution in [0.1, 0.15) is 11.1 Å². The number of urea groups is 1. The van der Waals surface area contributed by atoms with Crippen molar-refractivity contribution in [1.82, 2.24) is 10.3 Å². The smallest absolute Gasteiger partial charge is 0.319 e. The fourth-order valence-corrected chi connectivity index (χ4v) is 2.76. The van der Waals surface area contributed by atoms with E-state index in [4.69, 9.17) is 0 Å². The number of aromatic nitrogens is 1. The van der Waals surface area contributed by atoms with Gasteiger partial charge in [-0.2, -0.15) is 0 Å². The lowest BCUT2D eigenvalue weighted by molar-refractivity contribution is 0.224. The summed E-state index contributed by atoms with van der Waals surface area (Å²) in [5, 5.41) is 16.3. The van der Waals surface area contributed by atoms with Crippen LogP contribution < -0.4 is 10.6 Å². The summed E-state index contributed by atoms with van der Waals surface area (Å²) in [7, 11) is 0. The molecule has 124 valence electrons. The van der Waals surface area contributed by atoms with Gasteiger partial charge in [-0.25, -0.2) is 4.79 Å². The highest BCUT2D eigenvalue weighted by Gasteiger charge is 2.14. The molecular formula is C19H21N3O2. The van der Waals surface area contributed by atoms with Gasteiger partial charge in [0.05, 0.1) is 12.6 Å². The van der Waals surface area contributed by atoms with Crippen molar-refractivity contribution in [2.75, 3.05) is 11.9 Å². The van der Waals surface area contributed by atoms with Gasteiger partial charge in [0.15, 0.2) is 0 Å². The van der Waals surface area contributed by atoms with Crippen LogP contribution in [0.3, 0.4) is 0 Å². The third-order valence-electron chi connectivity index (χ3n) is 3.98. The van der Waals surface area contributed by atoms with E-state index in [1.165, 1.54) is 5.56 Å². The zero-order valence-electron chi connectivity index (χ0n) is 13.5. The van der Waals surface area contributed by atoms with Crippen molar-refractivity contribution in [3.63, 3.8) is 0 Å². The number of aliphatic hydroxyl groups excluding tert-OH is 1. The first-order valence-corrected chi connectivity index (χ1v) is 7.96. The molecule has 1 heterocycles. The lowest BCUT2D eigenvalue weighted by Crippen LogP contribution is -2.41. The molecule has 0 aliphatic carbocycles. The molecule has 5 heteroatoms. The van der Waals surface area contributed by atoms with Crippen LogP contribution in [0.15, 0.2) is 54.7 Å². The first-order valence-electron chi connectivity index (χ1n) is 7.96. The van der Waals surface area contributed by atoms with E-state index in [2.05, 4.69) is 27.8 Å². The molecule has 24 heavy (non-hydrogen) atoms. The number of aromatic amines is 1. The van der Waals surface area contributed by atoms with E-state index >= 15 is 0 Å². The molecule has 1 atom stereocenters. The second kappa shape index (κ2) is 7.19. The minimum Gasteiger partial charge on any atom is -0.394 e. The number of hydrogen-bond donors (Lipinski definition) is 4. The Hall–Kier alpha value is -2.79. The molecule has 0 radical (unpaired) electrons. The number of amides is 2. The zero-order valence-corrected chi connectivity index (χ0v) is 13.5. The number of carbonyl (C=O) groups is 1. The van der Waals surface area contributed by atoms with E-state index < -0.39 is 0 Å². The molecule has 5 nitrogen and oxygen atoms in total. The van der Waals surface area contributed by atoms with Crippen LogP contribution >= 0.6 is 0 Å². The molecule has 0 saturated carbocycles. The maximum Gasteiger partial charge on any atom is 0.319 e. The molecule has 4 N–H and O–H groups in total. The molecule has 0 fully saturated rings. The van der Waals surface area contributed by atoms with Crippen LogP contribution in [-0.4, -0.2) is 28.8 Å². The Bertz CT molecular complexity index is 827. The topological polar surface area (TPSA) is 77.2 Å². The summed E-state index contributed by atoms with van der Waals surface area (Å²) >= 11 is 0. The number of nitrogens with one attached hydrogen (secondary N) is 3. The highest BCUT2D eigenvalue weighted by Crippen LogP contribution is 2.21. The van der Waals surface area contributed by atoms with Gasteiger partial charge in [-0.05, 0) is 43.2 Å². The van der Waals surface area contributed by atoms with E-state index in [0.29, 0.717) is 6.42 Å². The molecule has 0 saturated heterocycles. The second-order valence-corrected chi connectivity index (χ2v) is 5.91. The summed E-state index contributed by atoms with van der Waals surface area (Å²) in [4.78, 5) is 15.3. The van der Waals surface area contributed by atoms with E-state index in [9.17, 15) is 9.90 Å². The number of anilines is 1. The Labute approximate surface area is 140 Å². The van der Waals surface area contributed by atoms with Gasteiger partial charge in [0.1, 0.15) is 0 Å². The summed E-state index contributed by atoms with van der Waals surface area (Å²) in [6.45, 7) is 1.92. The van der Waals surface area contributed by atoms with Crippen LogP contribution in [0.5, 0.6) is 0 Å². The molecule has 3 rings (SSSR count). The average Bonchev–Trinajstić information content (AvgIpc) is 2.97. The molecule has 2 aromatic carbocycles. The van der Waals surface area contributed by atoms with E-state index in [-0.39, 0.29) is 18.7 Å². The highest BCUT2D eigenvalue weighted by atomic mass is 16.3. The zero-order chi connectivity index (χ0) is 16.9. The Balaban J connectivity index is 1.67. The largest absolute Gasteiger partial charge is 0.394 e. The van der Waals surface area contributed by atoms with Crippen LogP contribution in [-0.2, 0) is 6.42 Å². The normalized spacial score (nSPS) is 12.1. The number of rotatable bonds is 5. The molecule has 2 amide bonds. The summed E-state index contributed by atoms with van der Waals surface area (Å²) in [6, 6.07) is 14.8. The lowest BCUT2D eigenvalue weighted by atomic mass is 10.0. The number of hydrogen-bond acceptors (Lipinski definition) is 2. The molecule has 1 aromatic heterocycles. The molecule has 0 spiro atoms. The minimum absolute atomic E-state index is 0.124. The maximum absolute atomic E-state index is 12.1. The third-order valence-corrected chi connectivity index (χ3v) is 3.98. The molecule has 3 aromatic rings. The standard InChI is InChI=1S/C19H21N3O2/c1-13-7-8-18-17(9-13)14(11-20-18)10-16(12-23)22-19(24)21-15-5-3-2-4-6-15/h2-9,11,16,20,23H,10,12H2,1H3,(H2,21,22,24). The van der Waals surface area contributed by atoms with E-state index in [0.717, 1.165) is 22.2 Å². The van der Waals surface area contributed by atoms with E-state index in [1.54, 1.807) is 0 Å². The van der Waals surface area contributed by atoms with Crippen molar-refractivity contribution in [2.24, 2.45) is 0 Å². The average molecular weight is 323 g/mol. The Morgan fingerprint density at radius 1 is 1.21 bits per heavy atom. The third kappa shape index (κ3) is 3.75. The van der Waals surface area contributed by atoms with Crippen LogP contribution in [0, 0.1) is 6.92 Å². The number of para-hydroxylation sites is 1. The van der Waals surface area contributed by atoms with E-state index in [1.807, 2.05) is 49.5 Å². The Morgan fingerprint density at radius 3 is 2.75 bits per heavy atom. The summed E-state index contributed by atoms with van der Waals surface area (Å²) in [5.74, 6) is 0. The van der Waals surface area contributed by atoms with Gasteiger partial charge >= 0.3 is 6.03 Å². The van der Waals surface area contributed by atoms with Gasteiger partial charge in [0, 0.05) is 22.8 Å². The quantitative estimate of drug-likeness (QED) is 0.582. The number of fused-ring (bicyclic) bond motifs is 1. The summed E-state index contributed by atoms with van der Waals surface area (Å²) in [6.07, 6.45) is 2.49. The number of carbonyl (C=O) groups excluding carboxylic acids is 1. The van der Waals surface area contributed by atoms with Crippen LogP contribution in [0.2, 0.25) is 0 Å². The first-order chi connectivity index (χ1) is 11.7. The van der Waals surface area contributed by atoms with Gasteiger partial charge < -0.3 is 20.7 Å². The predicted octanol–water partition coefficient (Wildman–Crippen LogP) is 3.20. The monoisotopic (exact) mass is 323 g/mol. The highest BCUT2D eigenvalue weighted by molar-refractivity contribution is 5.89. The predicted molar refractivity (Wildman–Crippen MR) is 96.2 cm³/mol. The molecule has 0 bridgehead atoms. The van der Waals surface area contributed by atoms with Crippen LogP contribution in [0.25, 0.3) is 10.9 Å². The molecule has 0 aliphatic rings. The van der Waals surface area contributed by atoms with Gasteiger partial charge in [-0.3, -0.25) is 0 Å². The SMILES string of the molecule is Cc1ccc2[nH]cc(CC(CO)NC(=O)Nc3ccccc3)c2c1. The fourth-order valence-electron chi connectivity index (χ4n) is 2.76. The van der Waals surface area contributed by atoms with Crippen molar-refractivity contribution < 1.29 is 9.90 Å². The van der Waals surface area contributed by atoms with Crippen molar-refractivity contribution in [1.29, 1.82) is 0 Å². The minimum atomic E-state index is -0.353. The second-order valence-electron chi connectivity index (χ2n) is 5.91. The number of benzene rings is 2. The van der Waals surface area contributed by atoms with Crippen molar-refractivity contribution in [3.05, 3.63) is 65.9 Å². The fraction of sp³-hybridized carbons (Fsp3) is 0.211. The number of H-pyrrole nitrogens is 1.